The maximum Gasteiger partial charge on any atom is 0.251 e. The van der Waals surface area contributed by atoms with Crippen molar-refractivity contribution in [3.8, 4) is 16.9 Å². The molecule has 2 aromatic rings. The zero-order valence-electron chi connectivity index (χ0n) is 14.5. The van der Waals surface area contributed by atoms with Gasteiger partial charge >= 0.3 is 0 Å². The second-order valence-corrected chi connectivity index (χ2v) is 6.14. The summed E-state index contributed by atoms with van der Waals surface area (Å²) in [5.74, 6) is 0.770. The largest absolute Gasteiger partial charge is 0.496 e. The summed E-state index contributed by atoms with van der Waals surface area (Å²) in [7, 11) is 1.62. The van der Waals surface area contributed by atoms with Gasteiger partial charge in [0.25, 0.3) is 5.91 Å². The fourth-order valence-electron chi connectivity index (χ4n) is 2.46. The number of methoxy groups -OCH3 is 1. The van der Waals surface area contributed by atoms with E-state index in [9.17, 15) is 9.90 Å². The number of carbonyl (C=O) groups is 1. The summed E-state index contributed by atoms with van der Waals surface area (Å²) in [6, 6.07) is 15.2. The first-order valence-corrected chi connectivity index (χ1v) is 8.22. The first kappa shape index (κ1) is 18.0. The third-order valence-corrected chi connectivity index (χ3v) is 4.04. The van der Waals surface area contributed by atoms with Crippen molar-refractivity contribution in [2.24, 2.45) is 5.92 Å². The molecule has 2 N–H and O–H groups in total. The molecule has 2 aromatic carbocycles. The zero-order chi connectivity index (χ0) is 17.5. The van der Waals surface area contributed by atoms with Gasteiger partial charge in [-0.3, -0.25) is 4.79 Å². The van der Waals surface area contributed by atoms with E-state index in [1.807, 2.05) is 50.2 Å². The molecule has 0 aromatic heterocycles. The minimum atomic E-state index is -0.402. The second-order valence-electron chi connectivity index (χ2n) is 6.14. The number of aliphatic hydroxyl groups excluding tert-OH is 1. The lowest BCUT2D eigenvalue weighted by molar-refractivity contribution is 0.0920. The highest BCUT2D eigenvalue weighted by Gasteiger charge is 2.13. The van der Waals surface area contributed by atoms with Crippen LogP contribution in [0.5, 0.6) is 5.75 Å². The van der Waals surface area contributed by atoms with Crippen LogP contribution >= 0.6 is 0 Å². The lowest BCUT2D eigenvalue weighted by Crippen LogP contribution is -2.28. The van der Waals surface area contributed by atoms with Crippen LogP contribution in [-0.4, -0.2) is 30.8 Å². The molecule has 0 aliphatic rings. The van der Waals surface area contributed by atoms with E-state index in [4.69, 9.17) is 4.74 Å². The fourth-order valence-corrected chi connectivity index (χ4v) is 2.46. The van der Waals surface area contributed by atoms with Gasteiger partial charge in [0.15, 0.2) is 0 Å². The Balaban J connectivity index is 2.12. The van der Waals surface area contributed by atoms with Gasteiger partial charge in [-0.25, -0.2) is 0 Å². The van der Waals surface area contributed by atoms with E-state index in [2.05, 4.69) is 5.32 Å². The average Bonchev–Trinajstić information content (AvgIpc) is 2.61. The van der Waals surface area contributed by atoms with E-state index >= 15 is 0 Å². The Morgan fingerprint density at radius 2 is 1.88 bits per heavy atom. The predicted molar refractivity (Wildman–Crippen MR) is 96.2 cm³/mol. The second kappa shape index (κ2) is 8.50. The van der Waals surface area contributed by atoms with E-state index in [-0.39, 0.29) is 11.8 Å². The van der Waals surface area contributed by atoms with Crippen molar-refractivity contribution in [3.05, 3.63) is 54.1 Å². The van der Waals surface area contributed by atoms with E-state index in [1.165, 1.54) is 0 Å². The number of carbonyl (C=O) groups excluding carboxylic acids is 1. The minimum absolute atomic E-state index is 0.147. The monoisotopic (exact) mass is 327 g/mol. The molecule has 24 heavy (non-hydrogen) atoms. The van der Waals surface area contributed by atoms with Crippen LogP contribution in [-0.2, 0) is 0 Å². The van der Waals surface area contributed by atoms with Gasteiger partial charge in [-0.2, -0.15) is 0 Å². The number of nitrogens with one attached hydrogen (secondary N) is 1. The molecule has 0 heterocycles. The quantitative estimate of drug-likeness (QED) is 0.818. The third-order valence-electron chi connectivity index (χ3n) is 4.04. The van der Waals surface area contributed by atoms with Gasteiger partial charge < -0.3 is 15.2 Å². The topological polar surface area (TPSA) is 58.6 Å². The minimum Gasteiger partial charge on any atom is -0.496 e. The summed E-state index contributed by atoms with van der Waals surface area (Å²) in [5.41, 5.74) is 2.46. The van der Waals surface area contributed by atoms with E-state index in [0.29, 0.717) is 18.5 Å². The third kappa shape index (κ3) is 4.59. The molecule has 2 rings (SSSR count). The van der Waals surface area contributed by atoms with Crippen LogP contribution in [0.1, 0.15) is 30.6 Å². The lowest BCUT2D eigenvalue weighted by Gasteiger charge is -2.15. The highest BCUT2D eigenvalue weighted by Crippen LogP contribution is 2.30. The van der Waals surface area contributed by atoms with Crippen molar-refractivity contribution >= 4 is 5.91 Å². The van der Waals surface area contributed by atoms with Gasteiger partial charge in [0.1, 0.15) is 5.75 Å². The molecule has 1 amide bonds. The number of aliphatic hydroxyl groups is 1. The smallest absolute Gasteiger partial charge is 0.251 e. The number of benzene rings is 2. The highest BCUT2D eigenvalue weighted by atomic mass is 16.5. The molecule has 1 atom stereocenters. The van der Waals surface area contributed by atoms with Crippen LogP contribution in [0.25, 0.3) is 11.1 Å². The zero-order valence-corrected chi connectivity index (χ0v) is 14.5. The van der Waals surface area contributed by atoms with Crippen LogP contribution < -0.4 is 10.1 Å². The molecule has 1 unspecified atom stereocenters. The first-order chi connectivity index (χ1) is 11.5. The summed E-state index contributed by atoms with van der Waals surface area (Å²) in [4.78, 5) is 12.3. The molecule has 0 fully saturated rings. The molecule has 4 nitrogen and oxygen atoms in total. The average molecular weight is 327 g/mol. The molecule has 0 aliphatic heterocycles. The Morgan fingerprint density at radius 3 is 2.50 bits per heavy atom. The van der Waals surface area contributed by atoms with E-state index in [1.54, 1.807) is 19.2 Å². The maximum absolute atomic E-state index is 12.3. The molecule has 0 spiro atoms. The van der Waals surface area contributed by atoms with Gasteiger partial charge in [-0.05, 0) is 36.1 Å². The maximum atomic E-state index is 12.3. The van der Waals surface area contributed by atoms with Crippen molar-refractivity contribution < 1.29 is 14.6 Å². The molecule has 0 bridgehead atoms. The number of amides is 1. The van der Waals surface area contributed by atoms with Gasteiger partial charge in [0.2, 0.25) is 0 Å². The molecule has 4 heteroatoms. The van der Waals surface area contributed by atoms with E-state index < -0.39 is 6.10 Å². The van der Waals surface area contributed by atoms with Crippen molar-refractivity contribution in [2.75, 3.05) is 13.7 Å². The van der Waals surface area contributed by atoms with Crippen LogP contribution in [0.3, 0.4) is 0 Å². The predicted octanol–water partition coefficient (Wildman–Crippen LogP) is 3.50. The SMILES string of the molecule is COc1ccc(C(=O)NCCC(O)C(C)C)cc1-c1ccccc1. The molecule has 0 saturated carbocycles. The molecular formula is C20H25NO3. The molecule has 0 saturated heterocycles. The normalized spacial score (nSPS) is 12.0. The van der Waals surface area contributed by atoms with Crippen molar-refractivity contribution in [1.29, 1.82) is 0 Å². The molecule has 0 radical (unpaired) electrons. The summed E-state index contributed by atoms with van der Waals surface area (Å²) < 4.78 is 5.41. The highest BCUT2D eigenvalue weighted by molar-refractivity contribution is 5.96. The van der Waals surface area contributed by atoms with Crippen molar-refractivity contribution in [2.45, 2.75) is 26.4 Å². The fraction of sp³-hybridized carbons (Fsp3) is 0.350. The number of hydrogen-bond donors (Lipinski definition) is 2. The van der Waals surface area contributed by atoms with Gasteiger partial charge in [0.05, 0.1) is 13.2 Å². The van der Waals surface area contributed by atoms with Crippen molar-refractivity contribution in [1.82, 2.24) is 5.32 Å². The van der Waals surface area contributed by atoms with Crippen LogP contribution in [0, 0.1) is 5.92 Å². The Labute approximate surface area is 143 Å². The first-order valence-electron chi connectivity index (χ1n) is 8.22. The summed E-state index contributed by atoms with van der Waals surface area (Å²) in [6.07, 6.45) is 0.145. The number of ether oxygens (including phenoxy) is 1. The molecule has 128 valence electrons. The Bertz CT molecular complexity index is 668. The molecular weight excluding hydrogens is 302 g/mol. The Hall–Kier alpha value is -2.33. The Kier molecular flexibility index (Phi) is 6.38. The number of hydrogen-bond acceptors (Lipinski definition) is 3. The van der Waals surface area contributed by atoms with E-state index in [0.717, 1.165) is 16.9 Å². The van der Waals surface area contributed by atoms with Crippen molar-refractivity contribution in [3.63, 3.8) is 0 Å². The van der Waals surface area contributed by atoms with Gasteiger partial charge in [-0.1, -0.05) is 44.2 Å². The molecule has 0 aliphatic carbocycles. The summed E-state index contributed by atoms with van der Waals surface area (Å²) in [6.45, 7) is 4.37. The Morgan fingerprint density at radius 1 is 1.17 bits per heavy atom. The standard InChI is InChI=1S/C20H25NO3/c1-14(2)18(22)11-12-21-20(23)16-9-10-19(24-3)17(13-16)15-7-5-4-6-8-15/h4-10,13-14,18,22H,11-12H2,1-3H3,(H,21,23). The van der Waals surface area contributed by atoms with Gasteiger partial charge in [-0.15, -0.1) is 0 Å². The number of rotatable bonds is 7. The lowest BCUT2D eigenvalue weighted by atomic mass is 10.0. The summed E-state index contributed by atoms with van der Waals surface area (Å²) >= 11 is 0. The summed E-state index contributed by atoms with van der Waals surface area (Å²) in [5, 5.41) is 12.7. The van der Waals surface area contributed by atoms with Crippen LogP contribution in [0.15, 0.2) is 48.5 Å². The van der Waals surface area contributed by atoms with Gasteiger partial charge in [0, 0.05) is 17.7 Å². The van der Waals surface area contributed by atoms with Crippen LogP contribution in [0.4, 0.5) is 0 Å². The van der Waals surface area contributed by atoms with Crippen LogP contribution in [0.2, 0.25) is 0 Å².